The maximum absolute atomic E-state index is 11.1. The lowest BCUT2D eigenvalue weighted by atomic mass is 10.2. The van der Waals surface area contributed by atoms with Crippen LogP contribution in [0.5, 0.6) is 5.75 Å². The minimum Gasteiger partial charge on any atom is -0.490 e. The molecule has 0 aliphatic carbocycles. The van der Waals surface area contributed by atoms with Gasteiger partial charge in [-0.2, -0.15) is 0 Å². The van der Waals surface area contributed by atoms with Gasteiger partial charge in [-0.15, -0.1) is 0 Å². The zero-order chi connectivity index (χ0) is 14.5. The minimum atomic E-state index is -1.07. The number of rotatable bonds is 6. The Morgan fingerprint density at radius 1 is 1.30 bits per heavy atom. The van der Waals surface area contributed by atoms with Crippen LogP contribution in [-0.2, 0) is 4.74 Å². The molecule has 20 heavy (non-hydrogen) atoms. The van der Waals surface area contributed by atoms with Crippen LogP contribution in [0.4, 0.5) is 0 Å². The van der Waals surface area contributed by atoms with Gasteiger partial charge in [-0.3, -0.25) is 0 Å². The van der Waals surface area contributed by atoms with Crippen molar-refractivity contribution in [3.05, 3.63) is 36.0 Å². The second-order valence-electron chi connectivity index (χ2n) is 4.60. The van der Waals surface area contributed by atoms with E-state index in [4.69, 9.17) is 14.6 Å². The van der Waals surface area contributed by atoms with E-state index in [2.05, 4.69) is 4.98 Å². The van der Waals surface area contributed by atoms with Gasteiger partial charge < -0.3 is 14.6 Å². The van der Waals surface area contributed by atoms with E-state index in [1.54, 1.807) is 6.07 Å². The highest BCUT2D eigenvalue weighted by Gasteiger charge is 2.11. The van der Waals surface area contributed by atoms with Crippen LogP contribution in [0.25, 0.3) is 10.9 Å². The number of pyridine rings is 1. The molecule has 0 saturated carbocycles. The van der Waals surface area contributed by atoms with Crippen LogP contribution < -0.4 is 4.74 Å². The number of ether oxygens (including phenoxy) is 2. The van der Waals surface area contributed by atoms with Gasteiger partial charge in [0.1, 0.15) is 12.4 Å². The summed E-state index contributed by atoms with van der Waals surface area (Å²) in [5.41, 5.74) is 0.579. The Kier molecular flexibility index (Phi) is 4.53. The molecule has 1 aromatic heterocycles. The average Bonchev–Trinajstić information content (AvgIpc) is 2.42. The normalized spacial score (nSPS) is 10.9. The van der Waals surface area contributed by atoms with E-state index in [9.17, 15) is 4.79 Å². The molecule has 0 bridgehead atoms. The van der Waals surface area contributed by atoms with Crippen molar-refractivity contribution in [1.29, 1.82) is 0 Å². The Hall–Kier alpha value is -2.14. The van der Waals surface area contributed by atoms with Gasteiger partial charge in [-0.05, 0) is 26.0 Å². The number of aromatic nitrogens is 1. The van der Waals surface area contributed by atoms with Crippen LogP contribution in [0.2, 0.25) is 0 Å². The smallest absolute Gasteiger partial charge is 0.354 e. The van der Waals surface area contributed by atoms with Crippen molar-refractivity contribution in [1.82, 2.24) is 4.98 Å². The van der Waals surface area contributed by atoms with E-state index in [1.807, 2.05) is 32.0 Å². The number of nitrogens with zero attached hydrogens (tertiary/aromatic N) is 1. The Morgan fingerprint density at radius 3 is 2.75 bits per heavy atom. The summed E-state index contributed by atoms with van der Waals surface area (Å²) in [4.78, 5) is 15.2. The zero-order valence-electron chi connectivity index (χ0n) is 11.5. The first-order chi connectivity index (χ1) is 9.58. The maximum Gasteiger partial charge on any atom is 0.354 e. The number of hydrogen-bond donors (Lipinski definition) is 1. The molecule has 0 aliphatic rings. The summed E-state index contributed by atoms with van der Waals surface area (Å²) in [6, 6.07) is 8.74. The highest BCUT2D eigenvalue weighted by molar-refractivity contribution is 5.93. The maximum atomic E-state index is 11.1. The summed E-state index contributed by atoms with van der Waals surface area (Å²) in [5.74, 6) is -0.556. The molecule has 106 valence electrons. The standard InChI is InChI=1S/C15H17NO4/c1-10(2)19-7-8-20-14-9-13(15(17)18)16-12-6-4-3-5-11(12)14/h3-6,9-10H,7-8H2,1-2H3,(H,17,18). The first-order valence-electron chi connectivity index (χ1n) is 6.45. The van der Waals surface area contributed by atoms with Gasteiger partial charge in [0.15, 0.2) is 5.69 Å². The van der Waals surface area contributed by atoms with Crippen molar-refractivity contribution in [2.45, 2.75) is 20.0 Å². The van der Waals surface area contributed by atoms with Crippen LogP contribution in [-0.4, -0.2) is 35.4 Å². The van der Waals surface area contributed by atoms with Crippen LogP contribution in [0, 0.1) is 0 Å². The highest BCUT2D eigenvalue weighted by Crippen LogP contribution is 2.25. The topological polar surface area (TPSA) is 68.7 Å². The minimum absolute atomic E-state index is 0.0246. The first kappa shape index (κ1) is 14.3. The molecule has 1 heterocycles. The SMILES string of the molecule is CC(C)OCCOc1cc(C(=O)O)nc2ccccc12. The van der Waals surface area contributed by atoms with Crippen molar-refractivity contribution in [3.63, 3.8) is 0 Å². The lowest BCUT2D eigenvalue weighted by molar-refractivity contribution is 0.0555. The molecule has 0 fully saturated rings. The Labute approximate surface area is 117 Å². The van der Waals surface area contributed by atoms with Gasteiger partial charge in [-0.25, -0.2) is 9.78 Å². The molecule has 0 unspecified atom stereocenters. The van der Waals surface area contributed by atoms with E-state index >= 15 is 0 Å². The van der Waals surface area contributed by atoms with Crippen molar-refractivity contribution in [2.24, 2.45) is 0 Å². The fraction of sp³-hybridized carbons (Fsp3) is 0.333. The third-order valence-corrected chi connectivity index (χ3v) is 2.69. The molecule has 0 spiro atoms. The monoisotopic (exact) mass is 275 g/mol. The fourth-order valence-corrected chi connectivity index (χ4v) is 1.81. The van der Waals surface area contributed by atoms with Gasteiger partial charge in [-0.1, -0.05) is 12.1 Å². The number of carboxylic acid groups (broad SMARTS) is 1. The van der Waals surface area contributed by atoms with E-state index < -0.39 is 5.97 Å². The average molecular weight is 275 g/mol. The molecule has 2 rings (SSSR count). The fourth-order valence-electron chi connectivity index (χ4n) is 1.81. The van der Waals surface area contributed by atoms with Crippen LogP contribution in [0.3, 0.4) is 0 Å². The summed E-state index contributed by atoms with van der Waals surface area (Å²) in [6.07, 6.45) is 0.141. The van der Waals surface area contributed by atoms with E-state index in [0.717, 1.165) is 5.39 Å². The summed E-state index contributed by atoms with van der Waals surface area (Å²) < 4.78 is 11.0. The Morgan fingerprint density at radius 2 is 2.05 bits per heavy atom. The molecule has 0 saturated heterocycles. The third kappa shape index (κ3) is 3.45. The number of hydrogen-bond acceptors (Lipinski definition) is 4. The Balaban J connectivity index is 2.23. The molecular formula is C15H17NO4. The van der Waals surface area contributed by atoms with Crippen LogP contribution in [0.15, 0.2) is 30.3 Å². The van der Waals surface area contributed by atoms with Gasteiger partial charge in [0.2, 0.25) is 0 Å². The molecule has 0 atom stereocenters. The zero-order valence-corrected chi connectivity index (χ0v) is 11.5. The summed E-state index contributed by atoms with van der Waals surface area (Å²) in [5, 5.41) is 9.86. The summed E-state index contributed by atoms with van der Waals surface area (Å²) in [6.45, 7) is 4.72. The molecule has 5 heteroatoms. The van der Waals surface area contributed by atoms with E-state index in [-0.39, 0.29) is 11.8 Å². The molecular weight excluding hydrogens is 258 g/mol. The van der Waals surface area contributed by atoms with E-state index in [0.29, 0.717) is 24.5 Å². The van der Waals surface area contributed by atoms with Crippen LogP contribution in [0.1, 0.15) is 24.3 Å². The van der Waals surface area contributed by atoms with Crippen molar-refractivity contribution in [2.75, 3.05) is 13.2 Å². The number of aromatic carboxylic acids is 1. The lowest BCUT2D eigenvalue weighted by Crippen LogP contribution is -2.12. The molecule has 0 amide bonds. The molecule has 5 nitrogen and oxygen atoms in total. The largest absolute Gasteiger partial charge is 0.490 e. The second kappa shape index (κ2) is 6.34. The number of benzene rings is 1. The predicted molar refractivity (Wildman–Crippen MR) is 75.3 cm³/mol. The molecule has 2 aromatic rings. The quantitative estimate of drug-likeness (QED) is 0.821. The van der Waals surface area contributed by atoms with Gasteiger partial charge in [0.05, 0.1) is 18.2 Å². The lowest BCUT2D eigenvalue weighted by Gasteiger charge is -2.11. The van der Waals surface area contributed by atoms with Gasteiger partial charge >= 0.3 is 5.97 Å². The summed E-state index contributed by atoms with van der Waals surface area (Å²) in [7, 11) is 0. The highest BCUT2D eigenvalue weighted by atomic mass is 16.5. The Bertz CT molecular complexity index is 610. The number of carboxylic acids is 1. The first-order valence-corrected chi connectivity index (χ1v) is 6.45. The van der Waals surface area contributed by atoms with Gasteiger partial charge in [0, 0.05) is 11.5 Å². The molecule has 1 N–H and O–H groups in total. The van der Waals surface area contributed by atoms with Crippen LogP contribution >= 0.6 is 0 Å². The van der Waals surface area contributed by atoms with Crippen molar-refractivity contribution < 1.29 is 19.4 Å². The van der Waals surface area contributed by atoms with Crippen molar-refractivity contribution >= 4 is 16.9 Å². The second-order valence-corrected chi connectivity index (χ2v) is 4.60. The number of fused-ring (bicyclic) bond motifs is 1. The number of para-hydroxylation sites is 1. The summed E-state index contributed by atoms with van der Waals surface area (Å²) >= 11 is 0. The molecule has 0 aliphatic heterocycles. The van der Waals surface area contributed by atoms with E-state index in [1.165, 1.54) is 6.07 Å². The predicted octanol–water partition coefficient (Wildman–Crippen LogP) is 2.74. The third-order valence-electron chi connectivity index (χ3n) is 2.69. The number of carbonyl (C=O) groups is 1. The molecule has 1 aromatic carbocycles. The molecule has 0 radical (unpaired) electrons. The van der Waals surface area contributed by atoms with Gasteiger partial charge in [0.25, 0.3) is 0 Å². The van der Waals surface area contributed by atoms with Crippen molar-refractivity contribution in [3.8, 4) is 5.75 Å².